The topological polar surface area (TPSA) is 64.1 Å². The van der Waals surface area contributed by atoms with Gasteiger partial charge in [0.05, 0.1) is 13.6 Å². The van der Waals surface area contributed by atoms with E-state index in [0.29, 0.717) is 10.2 Å². The Balaban J connectivity index is 2.31. The maximum absolute atomic E-state index is 12.2. The van der Waals surface area contributed by atoms with Crippen LogP contribution >= 0.6 is 11.3 Å². The summed E-state index contributed by atoms with van der Waals surface area (Å²) in [5.41, 5.74) is -0.0254. The van der Waals surface area contributed by atoms with Crippen molar-refractivity contribution in [3.05, 3.63) is 32.3 Å². The molecule has 2 aromatic heterocycles. The summed E-state index contributed by atoms with van der Waals surface area (Å²) in [5, 5.41) is 1.79. The number of rotatable bonds is 4. The van der Waals surface area contributed by atoms with Crippen molar-refractivity contribution in [2.75, 3.05) is 0 Å². The Bertz CT molecular complexity index is 695. The SMILES string of the molecule is CC(OCn1c(=O)[nH]c2ccsc2c1=O)[Si](C)(C)C. The Morgan fingerprint density at radius 1 is 1.42 bits per heavy atom. The molecule has 0 radical (unpaired) electrons. The average Bonchev–Trinajstić information content (AvgIpc) is 2.75. The lowest BCUT2D eigenvalue weighted by atomic mass is 10.5. The molecular weight excluding hydrogens is 280 g/mol. The Morgan fingerprint density at radius 3 is 2.74 bits per heavy atom. The van der Waals surface area contributed by atoms with Crippen LogP contribution in [0.3, 0.4) is 0 Å². The van der Waals surface area contributed by atoms with Gasteiger partial charge < -0.3 is 9.72 Å². The maximum Gasteiger partial charge on any atom is 0.330 e. The van der Waals surface area contributed by atoms with E-state index < -0.39 is 13.8 Å². The van der Waals surface area contributed by atoms with Gasteiger partial charge in [-0.3, -0.25) is 4.79 Å². The highest BCUT2D eigenvalue weighted by Gasteiger charge is 2.23. The van der Waals surface area contributed by atoms with Crippen LogP contribution in [0.5, 0.6) is 0 Å². The molecule has 1 unspecified atom stereocenters. The van der Waals surface area contributed by atoms with Gasteiger partial charge in [0.15, 0.2) is 0 Å². The third-order valence-electron chi connectivity index (χ3n) is 3.26. The molecule has 0 aliphatic heterocycles. The predicted molar refractivity (Wildman–Crippen MR) is 80.6 cm³/mol. The van der Waals surface area contributed by atoms with Gasteiger partial charge in [-0.1, -0.05) is 19.6 Å². The molecule has 0 saturated heterocycles. The number of hydrogen-bond acceptors (Lipinski definition) is 4. The highest BCUT2D eigenvalue weighted by molar-refractivity contribution is 7.17. The minimum absolute atomic E-state index is 0.00738. The maximum atomic E-state index is 12.2. The fraction of sp³-hybridized carbons (Fsp3) is 0.500. The lowest BCUT2D eigenvalue weighted by Gasteiger charge is -2.25. The second kappa shape index (κ2) is 5.07. The van der Waals surface area contributed by atoms with Crippen molar-refractivity contribution in [2.24, 2.45) is 0 Å². The van der Waals surface area contributed by atoms with Crippen LogP contribution in [0.1, 0.15) is 6.92 Å². The van der Waals surface area contributed by atoms with Gasteiger partial charge in [0.25, 0.3) is 5.56 Å². The summed E-state index contributed by atoms with van der Waals surface area (Å²) in [4.78, 5) is 26.7. The predicted octanol–water partition coefficient (Wildman–Crippen LogP) is 1.99. The van der Waals surface area contributed by atoms with E-state index in [1.165, 1.54) is 11.3 Å². The van der Waals surface area contributed by atoms with Crippen molar-refractivity contribution >= 4 is 29.6 Å². The summed E-state index contributed by atoms with van der Waals surface area (Å²) < 4.78 is 7.37. The Kier molecular flexibility index (Phi) is 3.79. The first-order valence-electron chi connectivity index (χ1n) is 6.12. The minimum atomic E-state index is -1.44. The monoisotopic (exact) mass is 298 g/mol. The second-order valence-electron chi connectivity index (χ2n) is 5.63. The quantitative estimate of drug-likeness (QED) is 0.878. The van der Waals surface area contributed by atoms with Gasteiger partial charge in [0.2, 0.25) is 0 Å². The number of aromatic nitrogens is 2. The van der Waals surface area contributed by atoms with Gasteiger partial charge in [0, 0.05) is 5.73 Å². The van der Waals surface area contributed by atoms with Gasteiger partial charge >= 0.3 is 5.69 Å². The number of ether oxygens (including phenoxy) is 1. The van der Waals surface area contributed by atoms with Crippen LogP contribution in [-0.4, -0.2) is 23.4 Å². The molecule has 0 spiro atoms. The van der Waals surface area contributed by atoms with Gasteiger partial charge in [-0.05, 0) is 18.4 Å². The molecule has 0 aromatic carbocycles. The summed E-state index contributed by atoms with van der Waals surface area (Å²) in [7, 11) is -1.44. The van der Waals surface area contributed by atoms with E-state index >= 15 is 0 Å². The zero-order valence-corrected chi connectivity index (χ0v) is 13.3. The Labute approximate surface area is 115 Å². The van der Waals surface area contributed by atoms with Crippen LogP contribution in [0.15, 0.2) is 21.0 Å². The summed E-state index contributed by atoms with van der Waals surface area (Å²) >= 11 is 1.33. The number of hydrogen-bond donors (Lipinski definition) is 1. The molecule has 19 heavy (non-hydrogen) atoms. The molecule has 104 valence electrons. The third kappa shape index (κ3) is 2.88. The first-order valence-corrected chi connectivity index (χ1v) is 10.6. The van der Waals surface area contributed by atoms with E-state index in [4.69, 9.17) is 4.74 Å². The molecule has 1 atom stereocenters. The van der Waals surface area contributed by atoms with Crippen molar-refractivity contribution in [3.63, 3.8) is 0 Å². The van der Waals surface area contributed by atoms with E-state index in [0.717, 1.165) is 4.57 Å². The first kappa shape index (κ1) is 14.2. The highest BCUT2D eigenvalue weighted by atomic mass is 32.1. The van der Waals surface area contributed by atoms with Gasteiger partial charge in [-0.2, -0.15) is 0 Å². The third-order valence-corrected chi connectivity index (χ3v) is 6.77. The largest absolute Gasteiger partial charge is 0.361 e. The molecule has 0 fully saturated rings. The van der Waals surface area contributed by atoms with Crippen molar-refractivity contribution in [1.29, 1.82) is 0 Å². The normalized spacial score (nSPS) is 13.9. The number of H-pyrrole nitrogens is 1. The summed E-state index contributed by atoms with van der Waals surface area (Å²) in [5.74, 6) is 0. The van der Waals surface area contributed by atoms with Gasteiger partial charge in [-0.15, -0.1) is 11.3 Å². The van der Waals surface area contributed by atoms with Gasteiger partial charge in [0.1, 0.15) is 11.4 Å². The minimum Gasteiger partial charge on any atom is -0.361 e. The molecule has 0 aliphatic rings. The number of thiophene rings is 1. The molecule has 0 amide bonds. The Morgan fingerprint density at radius 2 is 2.11 bits per heavy atom. The van der Waals surface area contributed by atoms with Crippen LogP contribution in [0, 0.1) is 0 Å². The van der Waals surface area contributed by atoms with Crippen LogP contribution < -0.4 is 11.2 Å². The molecule has 7 heteroatoms. The zero-order valence-electron chi connectivity index (χ0n) is 11.5. The molecule has 2 heterocycles. The Hall–Kier alpha value is -1.18. The van der Waals surface area contributed by atoms with E-state index in [9.17, 15) is 9.59 Å². The lowest BCUT2D eigenvalue weighted by molar-refractivity contribution is 0.0521. The summed E-state index contributed by atoms with van der Waals surface area (Å²) in [6.07, 6.45) is 0. The standard InChI is InChI=1S/C12H18N2O3SSi/c1-8(19(2,3)4)17-7-14-11(15)10-9(5-6-18-10)13-12(14)16/h5-6,8H,7H2,1-4H3,(H,13,16). The molecule has 0 saturated carbocycles. The smallest absolute Gasteiger partial charge is 0.330 e. The molecule has 2 aromatic rings. The molecular formula is C12H18N2O3SSi. The molecule has 0 bridgehead atoms. The van der Waals surface area contributed by atoms with E-state index in [-0.39, 0.29) is 18.0 Å². The molecule has 1 N–H and O–H groups in total. The molecule has 0 aliphatic carbocycles. The van der Waals surface area contributed by atoms with Crippen molar-refractivity contribution in [2.45, 2.75) is 39.0 Å². The number of nitrogens with zero attached hydrogens (tertiary/aromatic N) is 1. The zero-order chi connectivity index (χ0) is 14.2. The first-order chi connectivity index (χ1) is 8.80. The number of nitrogens with one attached hydrogen (secondary N) is 1. The van der Waals surface area contributed by atoms with E-state index in [1.54, 1.807) is 11.4 Å². The van der Waals surface area contributed by atoms with Crippen LogP contribution in [-0.2, 0) is 11.5 Å². The van der Waals surface area contributed by atoms with Crippen LogP contribution in [0.2, 0.25) is 19.6 Å². The number of aromatic amines is 1. The van der Waals surface area contributed by atoms with Crippen molar-refractivity contribution < 1.29 is 4.74 Å². The summed E-state index contributed by atoms with van der Waals surface area (Å²) in [6, 6.07) is 1.73. The molecule has 5 nitrogen and oxygen atoms in total. The van der Waals surface area contributed by atoms with E-state index in [2.05, 4.69) is 24.6 Å². The van der Waals surface area contributed by atoms with Crippen molar-refractivity contribution in [1.82, 2.24) is 9.55 Å². The van der Waals surface area contributed by atoms with E-state index in [1.807, 2.05) is 6.92 Å². The lowest BCUT2D eigenvalue weighted by Crippen LogP contribution is -2.41. The van der Waals surface area contributed by atoms with Crippen LogP contribution in [0.25, 0.3) is 10.2 Å². The summed E-state index contributed by atoms with van der Waals surface area (Å²) in [6.45, 7) is 8.57. The van der Waals surface area contributed by atoms with Gasteiger partial charge in [-0.25, -0.2) is 9.36 Å². The fourth-order valence-corrected chi connectivity index (χ4v) is 2.90. The fourth-order valence-electron chi connectivity index (χ4n) is 1.52. The number of fused-ring (bicyclic) bond motifs is 1. The second-order valence-corrected chi connectivity index (χ2v) is 12.1. The molecule has 2 rings (SSSR count). The van der Waals surface area contributed by atoms with Crippen LogP contribution in [0.4, 0.5) is 0 Å². The average molecular weight is 298 g/mol. The highest BCUT2D eigenvalue weighted by Crippen LogP contribution is 2.13. The van der Waals surface area contributed by atoms with Crippen molar-refractivity contribution in [3.8, 4) is 0 Å².